The summed E-state index contributed by atoms with van der Waals surface area (Å²) in [5, 5.41) is 0. The summed E-state index contributed by atoms with van der Waals surface area (Å²) in [4.78, 5) is 13.7. The number of hydrogen-bond donors (Lipinski definition) is 1. The van der Waals surface area contributed by atoms with Crippen molar-refractivity contribution in [2.45, 2.75) is 18.9 Å². The molecule has 0 spiro atoms. The van der Waals surface area contributed by atoms with Crippen LogP contribution in [0.3, 0.4) is 0 Å². The van der Waals surface area contributed by atoms with Crippen molar-refractivity contribution in [2.75, 3.05) is 26.7 Å². The minimum absolute atomic E-state index is 0.0162. The number of likely N-dealkylation sites (tertiary alicyclic amines) is 1. The van der Waals surface area contributed by atoms with Crippen LogP contribution in [-0.2, 0) is 9.53 Å². The van der Waals surface area contributed by atoms with E-state index in [0.717, 1.165) is 25.9 Å². The van der Waals surface area contributed by atoms with Crippen LogP contribution in [0.15, 0.2) is 12.7 Å². The van der Waals surface area contributed by atoms with Crippen LogP contribution >= 0.6 is 0 Å². The number of carbonyl (C=O) groups excluding carboxylic acids is 1. The highest BCUT2D eigenvalue weighted by molar-refractivity contribution is 5.81. The first-order valence-corrected chi connectivity index (χ1v) is 5.37. The van der Waals surface area contributed by atoms with Gasteiger partial charge in [0.15, 0.2) is 0 Å². The summed E-state index contributed by atoms with van der Waals surface area (Å²) < 4.78 is 5.03. The number of methoxy groups -OCH3 is 1. The van der Waals surface area contributed by atoms with Gasteiger partial charge in [-0.2, -0.15) is 0 Å². The second-order valence-electron chi connectivity index (χ2n) is 3.86. The molecule has 0 radical (unpaired) electrons. The average molecular weight is 212 g/mol. The van der Waals surface area contributed by atoms with E-state index < -0.39 is 6.10 Å². The zero-order valence-corrected chi connectivity index (χ0v) is 9.32. The van der Waals surface area contributed by atoms with Gasteiger partial charge >= 0.3 is 0 Å². The maximum Gasteiger partial charge on any atom is 0.253 e. The molecule has 1 heterocycles. The molecule has 1 rings (SSSR count). The van der Waals surface area contributed by atoms with Crippen molar-refractivity contribution in [2.24, 2.45) is 11.7 Å². The Morgan fingerprint density at radius 2 is 2.27 bits per heavy atom. The van der Waals surface area contributed by atoms with E-state index in [9.17, 15) is 4.79 Å². The number of nitrogens with two attached hydrogens (primary N) is 1. The molecule has 1 fully saturated rings. The maximum absolute atomic E-state index is 11.9. The van der Waals surface area contributed by atoms with E-state index in [2.05, 4.69) is 6.58 Å². The number of carbonyl (C=O) groups is 1. The van der Waals surface area contributed by atoms with Crippen molar-refractivity contribution in [3.63, 3.8) is 0 Å². The van der Waals surface area contributed by atoms with Crippen molar-refractivity contribution >= 4 is 5.91 Å². The zero-order chi connectivity index (χ0) is 11.3. The Bertz CT molecular complexity index is 219. The smallest absolute Gasteiger partial charge is 0.253 e. The van der Waals surface area contributed by atoms with Gasteiger partial charge in [-0.25, -0.2) is 0 Å². The Labute approximate surface area is 91.1 Å². The monoisotopic (exact) mass is 212 g/mol. The van der Waals surface area contributed by atoms with Gasteiger partial charge in [-0.05, 0) is 18.8 Å². The summed E-state index contributed by atoms with van der Waals surface area (Å²) in [5.41, 5.74) is 5.46. The lowest BCUT2D eigenvalue weighted by atomic mass is 9.97. The summed E-state index contributed by atoms with van der Waals surface area (Å²) in [6.07, 6.45) is 3.48. The molecule has 1 saturated heterocycles. The second-order valence-corrected chi connectivity index (χ2v) is 3.86. The first kappa shape index (κ1) is 12.2. The topological polar surface area (TPSA) is 55.6 Å². The van der Waals surface area contributed by atoms with Crippen molar-refractivity contribution in [1.82, 2.24) is 4.90 Å². The van der Waals surface area contributed by atoms with Crippen molar-refractivity contribution in [3.8, 4) is 0 Å². The predicted octanol–water partition coefficient (Wildman–Crippen LogP) is 0.385. The Kier molecular flexibility index (Phi) is 4.78. The molecule has 1 aliphatic rings. The molecule has 2 N–H and O–H groups in total. The van der Waals surface area contributed by atoms with E-state index in [1.807, 2.05) is 11.0 Å². The Morgan fingerprint density at radius 1 is 1.67 bits per heavy atom. The standard InChI is InChI=1S/C11H20N2O2/c1-3-9-4-6-13(7-5-9)11(14)10(8-12)15-2/h3,9-10H,1,4-8,12H2,2H3. The third-order valence-corrected chi connectivity index (χ3v) is 2.96. The van der Waals surface area contributed by atoms with Crippen LogP contribution in [0.1, 0.15) is 12.8 Å². The van der Waals surface area contributed by atoms with Gasteiger partial charge in [0.25, 0.3) is 5.91 Å². The molecule has 1 atom stereocenters. The van der Waals surface area contributed by atoms with Gasteiger partial charge in [0.2, 0.25) is 0 Å². The summed E-state index contributed by atoms with van der Waals surface area (Å²) in [5.74, 6) is 0.565. The molecule has 0 saturated carbocycles. The molecule has 15 heavy (non-hydrogen) atoms. The lowest BCUT2D eigenvalue weighted by Crippen LogP contribution is -2.46. The molecule has 4 nitrogen and oxygen atoms in total. The summed E-state index contributed by atoms with van der Waals surface area (Å²) in [6.45, 7) is 5.59. The highest BCUT2D eigenvalue weighted by atomic mass is 16.5. The number of ether oxygens (including phenoxy) is 1. The Morgan fingerprint density at radius 3 is 2.67 bits per heavy atom. The molecule has 0 aromatic carbocycles. The maximum atomic E-state index is 11.9. The van der Waals surface area contributed by atoms with Gasteiger partial charge < -0.3 is 15.4 Å². The first-order valence-electron chi connectivity index (χ1n) is 5.37. The third-order valence-electron chi connectivity index (χ3n) is 2.96. The highest BCUT2D eigenvalue weighted by Crippen LogP contribution is 2.18. The van der Waals surface area contributed by atoms with Crippen molar-refractivity contribution < 1.29 is 9.53 Å². The fourth-order valence-electron chi connectivity index (χ4n) is 1.86. The molecule has 0 bridgehead atoms. The van der Waals surface area contributed by atoms with E-state index in [0.29, 0.717) is 5.92 Å². The van der Waals surface area contributed by atoms with Gasteiger partial charge in [0, 0.05) is 26.7 Å². The first-order chi connectivity index (χ1) is 7.22. The molecule has 86 valence electrons. The van der Waals surface area contributed by atoms with Gasteiger partial charge in [0.05, 0.1) is 0 Å². The van der Waals surface area contributed by atoms with E-state index in [1.54, 1.807) is 0 Å². The fraction of sp³-hybridized carbons (Fsp3) is 0.727. The van der Waals surface area contributed by atoms with Gasteiger partial charge in [0.1, 0.15) is 6.10 Å². The minimum Gasteiger partial charge on any atom is -0.370 e. The van der Waals surface area contributed by atoms with Gasteiger partial charge in [-0.3, -0.25) is 4.79 Å². The molecule has 1 unspecified atom stereocenters. The summed E-state index contributed by atoms with van der Waals surface area (Å²) in [7, 11) is 1.52. The number of nitrogens with zero attached hydrogens (tertiary/aromatic N) is 1. The van der Waals surface area contributed by atoms with Crippen molar-refractivity contribution in [3.05, 3.63) is 12.7 Å². The van der Waals surface area contributed by atoms with Crippen LogP contribution in [-0.4, -0.2) is 43.7 Å². The molecule has 0 aromatic rings. The van der Waals surface area contributed by atoms with E-state index >= 15 is 0 Å². The van der Waals surface area contributed by atoms with Gasteiger partial charge in [-0.1, -0.05) is 6.08 Å². The van der Waals surface area contributed by atoms with Crippen LogP contribution in [0.2, 0.25) is 0 Å². The van der Waals surface area contributed by atoms with Crippen LogP contribution < -0.4 is 5.73 Å². The van der Waals surface area contributed by atoms with E-state index in [4.69, 9.17) is 10.5 Å². The molecule has 0 aromatic heterocycles. The summed E-state index contributed by atoms with van der Waals surface area (Å²) >= 11 is 0. The largest absolute Gasteiger partial charge is 0.370 e. The molecule has 4 heteroatoms. The second kappa shape index (κ2) is 5.88. The zero-order valence-electron chi connectivity index (χ0n) is 9.32. The molecule has 1 aliphatic heterocycles. The molecular formula is C11H20N2O2. The molecule has 1 amide bonds. The van der Waals surface area contributed by atoms with Crippen molar-refractivity contribution in [1.29, 1.82) is 0 Å². The number of piperidine rings is 1. The number of allylic oxidation sites excluding steroid dienone is 1. The number of rotatable bonds is 4. The van der Waals surface area contributed by atoms with Crippen LogP contribution in [0.5, 0.6) is 0 Å². The predicted molar refractivity (Wildman–Crippen MR) is 59.4 cm³/mol. The lowest BCUT2D eigenvalue weighted by Gasteiger charge is -2.32. The molecular weight excluding hydrogens is 192 g/mol. The van der Waals surface area contributed by atoms with Crippen LogP contribution in [0.25, 0.3) is 0 Å². The highest BCUT2D eigenvalue weighted by Gasteiger charge is 2.26. The Balaban J connectivity index is 2.45. The van der Waals surface area contributed by atoms with Crippen LogP contribution in [0.4, 0.5) is 0 Å². The summed E-state index contributed by atoms with van der Waals surface area (Å²) in [6, 6.07) is 0. The average Bonchev–Trinajstić information content (AvgIpc) is 2.30. The normalized spacial score (nSPS) is 20.0. The quantitative estimate of drug-likeness (QED) is 0.686. The van der Waals surface area contributed by atoms with E-state index in [1.165, 1.54) is 7.11 Å². The number of hydrogen-bond acceptors (Lipinski definition) is 3. The van der Waals surface area contributed by atoms with Crippen LogP contribution in [0, 0.1) is 5.92 Å². The van der Waals surface area contributed by atoms with Gasteiger partial charge in [-0.15, -0.1) is 6.58 Å². The fourth-order valence-corrected chi connectivity index (χ4v) is 1.86. The SMILES string of the molecule is C=CC1CCN(C(=O)C(CN)OC)CC1. The van der Waals surface area contributed by atoms with E-state index in [-0.39, 0.29) is 12.5 Å². The number of amides is 1. The third kappa shape index (κ3) is 3.04. The minimum atomic E-state index is -0.481. The molecule has 0 aliphatic carbocycles. The Hall–Kier alpha value is -0.870. The lowest BCUT2D eigenvalue weighted by molar-refractivity contribution is -0.142.